The van der Waals surface area contributed by atoms with Crippen molar-refractivity contribution in [3.05, 3.63) is 28.8 Å². The first-order chi connectivity index (χ1) is 8.97. The van der Waals surface area contributed by atoms with E-state index >= 15 is 0 Å². The molecule has 2 rings (SSSR count). The third-order valence-electron chi connectivity index (χ3n) is 3.22. The van der Waals surface area contributed by atoms with Gasteiger partial charge in [-0.25, -0.2) is 0 Å². The fraction of sp³-hybridized carbons (Fsp3) is 0.385. The quantitative estimate of drug-likeness (QED) is 0.802. The van der Waals surface area contributed by atoms with Gasteiger partial charge in [-0.1, -0.05) is 11.6 Å². The summed E-state index contributed by atoms with van der Waals surface area (Å²) in [5.74, 6) is -0.126. The van der Waals surface area contributed by atoms with E-state index in [-0.39, 0.29) is 17.9 Å². The fourth-order valence-corrected chi connectivity index (χ4v) is 2.31. The number of likely N-dealkylation sites (tertiary alicyclic amines) is 1. The standard InChI is InChI=1S/C13H16ClN3O2/c1-17-7-9(3-5-12(17)18)16-13(19)10-4-2-8(14)6-11(10)15/h2,4,6,9H,3,5,7,15H2,1H3,(H,16,19). The maximum atomic E-state index is 12.1. The number of carbonyl (C=O) groups excluding carboxylic acids is 2. The third kappa shape index (κ3) is 3.17. The van der Waals surface area contributed by atoms with E-state index in [0.717, 1.165) is 0 Å². The van der Waals surface area contributed by atoms with Crippen LogP contribution < -0.4 is 11.1 Å². The minimum atomic E-state index is -0.234. The highest BCUT2D eigenvalue weighted by Gasteiger charge is 2.24. The first kappa shape index (κ1) is 13.7. The highest BCUT2D eigenvalue weighted by molar-refractivity contribution is 6.31. The number of carbonyl (C=O) groups is 2. The van der Waals surface area contributed by atoms with Crippen LogP contribution in [0, 0.1) is 0 Å². The van der Waals surface area contributed by atoms with Crippen molar-refractivity contribution in [2.24, 2.45) is 0 Å². The van der Waals surface area contributed by atoms with Crippen molar-refractivity contribution in [1.82, 2.24) is 10.2 Å². The molecule has 0 radical (unpaired) electrons. The first-order valence-electron chi connectivity index (χ1n) is 6.07. The van der Waals surface area contributed by atoms with Gasteiger partial charge in [0.1, 0.15) is 0 Å². The molecule has 1 aromatic carbocycles. The van der Waals surface area contributed by atoms with E-state index in [9.17, 15) is 9.59 Å². The number of rotatable bonds is 2. The molecule has 0 aliphatic carbocycles. The second-order valence-electron chi connectivity index (χ2n) is 4.71. The van der Waals surface area contributed by atoms with Gasteiger partial charge in [0.2, 0.25) is 5.91 Å². The zero-order valence-electron chi connectivity index (χ0n) is 10.6. The van der Waals surface area contributed by atoms with E-state index in [0.29, 0.717) is 35.7 Å². The summed E-state index contributed by atoms with van der Waals surface area (Å²) < 4.78 is 0. The number of hydrogen-bond donors (Lipinski definition) is 2. The average Bonchev–Trinajstić information content (AvgIpc) is 2.33. The van der Waals surface area contributed by atoms with Crippen LogP contribution in [0.2, 0.25) is 5.02 Å². The number of nitrogens with one attached hydrogen (secondary N) is 1. The van der Waals surface area contributed by atoms with E-state index in [1.54, 1.807) is 30.1 Å². The Morgan fingerprint density at radius 1 is 1.53 bits per heavy atom. The molecule has 1 atom stereocenters. The number of anilines is 1. The van der Waals surface area contributed by atoms with Crippen LogP contribution in [-0.2, 0) is 4.79 Å². The van der Waals surface area contributed by atoms with Gasteiger partial charge in [0.15, 0.2) is 0 Å². The number of likely N-dealkylation sites (N-methyl/N-ethyl adjacent to an activating group) is 1. The zero-order chi connectivity index (χ0) is 14.0. The van der Waals surface area contributed by atoms with Crippen LogP contribution in [-0.4, -0.2) is 36.3 Å². The lowest BCUT2D eigenvalue weighted by Crippen LogP contribution is -2.48. The predicted molar refractivity (Wildman–Crippen MR) is 74.0 cm³/mol. The molecule has 102 valence electrons. The molecule has 3 N–H and O–H groups in total. The summed E-state index contributed by atoms with van der Waals surface area (Å²) in [6.45, 7) is 0.526. The van der Waals surface area contributed by atoms with Crippen molar-refractivity contribution in [2.75, 3.05) is 19.3 Å². The van der Waals surface area contributed by atoms with Gasteiger partial charge < -0.3 is 16.0 Å². The molecule has 1 aliphatic heterocycles. The van der Waals surface area contributed by atoms with Crippen LogP contribution in [0.4, 0.5) is 5.69 Å². The topological polar surface area (TPSA) is 75.4 Å². The number of benzene rings is 1. The predicted octanol–water partition coefficient (Wildman–Crippen LogP) is 1.27. The molecular weight excluding hydrogens is 266 g/mol. The molecule has 0 bridgehead atoms. The Morgan fingerprint density at radius 2 is 2.26 bits per heavy atom. The molecule has 1 fully saturated rings. The van der Waals surface area contributed by atoms with E-state index in [1.807, 2.05) is 0 Å². The van der Waals surface area contributed by atoms with Crippen LogP contribution in [0.1, 0.15) is 23.2 Å². The molecule has 1 aliphatic rings. The Balaban J connectivity index is 2.03. The maximum Gasteiger partial charge on any atom is 0.253 e. The first-order valence-corrected chi connectivity index (χ1v) is 6.45. The lowest BCUT2D eigenvalue weighted by molar-refractivity contribution is -0.132. The minimum absolute atomic E-state index is 0.0368. The summed E-state index contributed by atoms with van der Waals surface area (Å²) in [5, 5.41) is 3.39. The number of halogens is 1. The molecular formula is C13H16ClN3O2. The molecule has 5 nitrogen and oxygen atoms in total. The van der Waals surface area contributed by atoms with Gasteiger partial charge in [0.05, 0.1) is 5.56 Å². The minimum Gasteiger partial charge on any atom is -0.398 e. The van der Waals surface area contributed by atoms with Crippen molar-refractivity contribution in [3.63, 3.8) is 0 Å². The van der Waals surface area contributed by atoms with Crippen LogP contribution in [0.25, 0.3) is 0 Å². The number of piperidine rings is 1. The second kappa shape index (κ2) is 5.48. The summed E-state index contributed by atoms with van der Waals surface area (Å²) in [5.41, 5.74) is 6.53. The number of nitrogen functional groups attached to an aromatic ring is 1. The van der Waals surface area contributed by atoms with Gasteiger partial charge in [0, 0.05) is 36.8 Å². The van der Waals surface area contributed by atoms with Crippen LogP contribution in [0.5, 0.6) is 0 Å². The van der Waals surface area contributed by atoms with E-state index in [2.05, 4.69) is 5.32 Å². The van der Waals surface area contributed by atoms with Gasteiger partial charge in [-0.3, -0.25) is 9.59 Å². The van der Waals surface area contributed by atoms with Crippen LogP contribution >= 0.6 is 11.6 Å². The van der Waals surface area contributed by atoms with E-state index in [4.69, 9.17) is 17.3 Å². The normalized spacial score (nSPS) is 19.4. The van der Waals surface area contributed by atoms with Crippen molar-refractivity contribution in [2.45, 2.75) is 18.9 Å². The molecule has 6 heteroatoms. The monoisotopic (exact) mass is 281 g/mol. The lowest BCUT2D eigenvalue weighted by Gasteiger charge is -2.30. The molecule has 1 aromatic rings. The van der Waals surface area contributed by atoms with Gasteiger partial charge in [-0.2, -0.15) is 0 Å². The van der Waals surface area contributed by atoms with Crippen molar-refractivity contribution in [1.29, 1.82) is 0 Å². The molecule has 2 amide bonds. The summed E-state index contributed by atoms with van der Waals surface area (Å²) >= 11 is 5.79. The SMILES string of the molecule is CN1CC(NC(=O)c2ccc(Cl)cc2N)CCC1=O. The highest BCUT2D eigenvalue weighted by Crippen LogP contribution is 2.18. The molecule has 1 unspecified atom stereocenters. The number of hydrogen-bond acceptors (Lipinski definition) is 3. The average molecular weight is 282 g/mol. The Labute approximate surface area is 116 Å². The highest BCUT2D eigenvalue weighted by atomic mass is 35.5. The Hall–Kier alpha value is -1.75. The van der Waals surface area contributed by atoms with Crippen LogP contribution in [0.3, 0.4) is 0 Å². The van der Waals surface area contributed by atoms with Crippen molar-refractivity contribution < 1.29 is 9.59 Å². The molecule has 1 heterocycles. The van der Waals surface area contributed by atoms with Gasteiger partial charge >= 0.3 is 0 Å². The Bertz CT molecular complexity index is 519. The van der Waals surface area contributed by atoms with Gasteiger partial charge in [-0.15, -0.1) is 0 Å². The van der Waals surface area contributed by atoms with Gasteiger partial charge in [0.25, 0.3) is 5.91 Å². The molecule has 19 heavy (non-hydrogen) atoms. The molecule has 0 saturated carbocycles. The number of amides is 2. The maximum absolute atomic E-state index is 12.1. The molecule has 1 saturated heterocycles. The molecule has 0 spiro atoms. The fourth-order valence-electron chi connectivity index (χ4n) is 2.13. The van der Waals surface area contributed by atoms with E-state index in [1.165, 1.54) is 0 Å². The Kier molecular flexibility index (Phi) is 3.95. The number of nitrogens with zero attached hydrogens (tertiary/aromatic N) is 1. The molecule has 0 aromatic heterocycles. The van der Waals surface area contributed by atoms with Crippen LogP contribution in [0.15, 0.2) is 18.2 Å². The lowest BCUT2D eigenvalue weighted by atomic mass is 10.0. The largest absolute Gasteiger partial charge is 0.398 e. The second-order valence-corrected chi connectivity index (χ2v) is 5.15. The van der Waals surface area contributed by atoms with Crippen molar-refractivity contribution >= 4 is 29.1 Å². The summed E-state index contributed by atoms with van der Waals surface area (Å²) in [7, 11) is 1.73. The summed E-state index contributed by atoms with van der Waals surface area (Å²) in [6, 6.07) is 4.74. The Morgan fingerprint density at radius 3 is 2.89 bits per heavy atom. The smallest absolute Gasteiger partial charge is 0.253 e. The van der Waals surface area contributed by atoms with Gasteiger partial charge in [-0.05, 0) is 24.6 Å². The third-order valence-corrected chi connectivity index (χ3v) is 3.46. The van der Waals surface area contributed by atoms with Crippen molar-refractivity contribution in [3.8, 4) is 0 Å². The summed E-state index contributed by atoms with van der Waals surface area (Å²) in [4.78, 5) is 25.1. The zero-order valence-corrected chi connectivity index (χ0v) is 11.4. The number of nitrogens with two attached hydrogens (primary N) is 1. The summed E-state index contributed by atoms with van der Waals surface area (Å²) in [6.07, 6.45) is 1.11. The van der Waals surface area contributed by atoms with E-state index < -0.39 is 0 Å².